The quantitative estimate of drug-likeness (QED) is 0.0442. The van der Waals surface area contributed by atoms with Crippen LogP contribution in [-0.4, -0.2) is 101 Å². The Hall–Kier alpha value is -1.22. The monoisotopic (exact) mass is 853 g/mol. The lowest BCUT2D eigenvalue weighted by atomic mass is 9.92. The predicted molar refractivity (Wildman–Crippen MR) is 256 cm³/mol. The van der Waals surface area contributed by atoms with Gasteiger partial charge in [0.25, 0.3) is 0 Å². The van der Waals surface area contributed by atoms with E-state index in [4.69, 9.17) is 18.9 Å². The molecule has 0 spiro atoms. The largest absolute Gasteiger partial charge is 0.465 e. The van der Waals surface area contributed by atoms with Crippen molar-refractivity contribution < 1.29 is 28.5 Å². The molecule has 358 valence electrons. The average molecular weight is 853 g/mol. The van der Waals surface area contributed by atoms with Gasteiger partial charge in [-0.2, -0.15) is 0 Å². The van der Waals surface area contributed by atoms with Crippen molar-refractivity contribution in [3.8, 4) is 0 Å². The third kappa shape index (κ3) is 37.3. The van der Waals surface area contributed by atoms with Gasteiger partial charge in [-0.05, 0) is 78.4 Å². The highest BCUT2D eigenvalue weighted by Gasteiger charge is 2.23. The van der Waals surface area contributed by atoms with Crippen molar-refractivity contribution >= 4 is 11.9 Å². The van der Waals surface area contributed by atoms with Crippen LogP contribution in [0, 0.1) is 11.8 Å². The molecular weight excluding hydrogens is 749 g/mol. The molecule has 3 atom stereocenters. The van der Waals surface area contributed by atoms with Gasteiger partial charge in [0.05, 0.1) is 51.5 Å². The zero-order valence-electron chi connectivity index (χ0n) is 41.4. The van der Waals surface area contributed by atoms with E-state index in [1.54, 1.807) is 0 Å². The third-order valence-corrected chi connectivity index (χ3v) is 12.3. The SMILES string of the molecule is CCCCCCCCC(CCCCCC)C(=O)OCCCCCCN(CCOCCOCCN(C)C)C(CCCC)CCCC(CCCCCC)C(=O)OCCCCCC. The van der Waals surface area contributed by atoms with Crippen molar-refractivity contribution in [2.24, 2.45) is 11.8 Å². The molecule has 0 bridgehead atoms. The van der Waals surface area contributed by atoms with Gasteiger partial charge in [-0.3, -0.25) is 14.5 Å². The summed E-state index contributed by atoms with van der Waals surface area (Å²) in [7, 11) is 4.13. The van der Waals surface area contributed by atoms with Crippen LogP contribution in [0.25, 0.3) is 0 Å². The van der Waals surface area contributed by atoms with Gasteiger partial charge in [0.2, 0.25) is 0 Å². The third-order valence-electron chi connectivity index (χ3n) is 12.3. The Morgan fingerprint density at radius 3 is 1.25 bits per heavy atom. The summed E-state index contributed by atoms with van der Waals surface area (Å²) in [6, 6.07) is 0.484. The highest BCUT2D eigenvalue weighted by molar-refractivity contribution is 5.72. The number of rotatable bonds is 48. The number of unbranched alkanes of at least 4 members (excludes halogenated alkanes) is 18. The molecule has 0 heterocycles. The van der Waals surface area contributed by atoms with E-state index >= 15 is 0 Å². The molecule has 0 aromatic rings. The van der Waals surface area contributed by atoms with E-state index < -0.39 is 0 Å². The molecule has 8 heteroatoms. The van der Waals surface area contributed by atoms with Crippen LogP contribution >= 0.6 is 0 Å². The maximum absolute atomic E-state index is 13.3. The number of esters is 2. The van der Waals surface area contributed by atoms with Crippen LogP contribution in [-0.2, 0) is 28.5 Å². The Balaban J connectivity index is 5.28. The van der Waals surface area contributed by atoms with Crippen LogP contribution in [0.3, 0.4) is 0 Å². The molecule has 0 N–H and O–H groups in total. The van der Waals surface area contributed by atoms with Crippen molar-refractivity contribution in [3.63, 3.8) is 0 Å². The number of carbonyl (C=O) groups excluding carboxylic acids is 2. The fourth-order valence-electron chi connectivity index (χ4n) is 8.22. The van der Waals surface area contributed by atoms with Gasteiger partial charge < -0.3 is 23.8 Å². The van der Waals surface area contributed by atoms with E-state index in [9.17, 15) is 9.59 Å². The second-order valence-corrected chi connectivity index (χ2v) is 18.2. The van der Waals surface area contributed by atoms with E-state index in [2.05, 4.69) is 58.5 Å². The zero-order chi connectivity index (χ0) is 44.2. The Morgan fingerprint density at radius 2 is 0.750 bits per heavy atom. The maximum atomic E-state index is 13.3. The Kier molecular flexibility index (Phi) is 44.9. The summed E-state index contributed by atoms with van der Waals surface area (Å²) in [6.07, 6.45) is 35.6. The van der Waals surface area contributed by atoms with Crippen molar-refractivity contribution in [3.05, 3.63) is 0 Å². The van der Waals surface area contributed by atoms with E-state index in [0.717, 1.165) is 123 Å². The fourth-order valence-corrected chi connectivity index (χ4v) is 8.22. The average Bonchev–Trinajstić information content (AvgIpc) is 3.24. The zero-order valence-corrected chi connectivity index (χ0v) is 41.4. The summed E-state index contributed by atoms with van der Waals surface area (Å²) in [6.45, 7) is 18.0. The van der Waals surface area contributed by atoms with E-state index in [0.29, 0.717) is 39.1 Å². The summed E-state index contributed by atoms with van der Waals surface area (Å²) in [5.41, 5.74) is 0. The minimum absolute atomic E-state index is 0.0186. The summed E-state index contributed by atoms with van der Waals surface area (Å²) in [5, 5.41) is 0. The summed E-state index contributed by atoms with van der Waals surface area (Å²) in [4.78, 5) is 31.3. The van der Waals surface area contributed by atoms with Crippen molar-refractivity contribution in [1.82, 2.24) is 9.80 Å². The standard InChI is InChI=1S/C52H104N2O6/c1-8-13-18-22-23-28-35-48(33-26-19-14-9-2)51(55)60-43-31-25-24-29-39-54(41-45-58-47-46-57-44-40-53(6)7)50(37-17-12-5)38-32-36-49(34-27-20-15-10-3)52(56)59-42-30-21-16-11-4/h48-50H,8-47H2,1-7H3. The molecule has 0 rings (SSSR count). The first kappa shape index (κ1) is 58.8. The molecule has 0 aromatic heterocycles. The minimum Gasteiger partial charge on any atom is -0.465 e. The topological polar surface area (TPSA) is 77.5 Å². The molecule has 0 aliphatic heterocycles. The lowest BCUT2D eigenvalue weighted by Gasteiger charge is -2.32. The molecule has 0 saturated heterocycles. The van der Waals surface area contributed by atoms with Gasteiger partial charge >= 0.3 is 11.9 Å². The van der Waals surface area contributed by atoms with Gasteiger partial charge in [-0.1, -0.05) is 176 Å². The molecule has 0 amide bonds. The first-order chi connectivity index (χ1) is 29.3. The minimum atomic E-state index is 0.0186. The Morgan fingerprint density at radius 1 is 0.367 bits per heavy atom. The molecule has 60 heavy (non-hydrogen) atoms. The normalized spacial score (nSPS) is 13.3. The fraction of sp³-hybridized carbons (Fsp3) is 0.962. The Labute approximate surface area is 374 Å². The van der Waals surface area contributed by atoms with Crippen molar-refractivity contribution in [2.45, 2.75) is 240 Å². The van der Waals surface area contributed by atoms with Gasteiger partial charge in [-0.25, -0.2) is 0 Å². The number of hydrogen-bond acceptors (Lipinski definition) is 8. The lowest BCUT2D eigenvalue weighted by molar-refractivity contribution is -0.150. The van der Waals surface area contributed by atoms with Gasteiger partial charge in [0.15, 0.2) is 0 Å². The second kappa shape index (κ2) is 45.8. The summed E-state index contributed by atoms with van der Waals surface area (Å²) < 4.78 is 23.7. The van der Waals surface area contributed by atoms with Crippen LogP contribution in [0.1, 0.15) is 234 Å². The first-order valence-corrected chi connectivity index (χ1v) is 26.2. The molecule has 3 unspecified atom stereocenters. The molecule has 0 aromatic carbocycles. The summed E-state index contributed by atoms with van der Waals surface area (Å²) in [5.74, 6) is 0.185. The van der Waals surface area contributed by atoms with Crippen LogP contribution in [0.5, 0.6) is 0 Å². The van der Waals surface area contributed by atoms with Crippen LogP contribution in [0.2, 0.25) is 0 Å². The van der Waals surface area contributed by atoms with Crippen molar-refractivity contribution in [2.75, 3.05) is 73.4 Å². The molecular formula is C52H104N2O6. The van der Waals surface area contributed by atoms with Crippen LogP contribution < -0.4 is 0 Å². The van der Waals surface area contributed by atoms with Gasteiger partial charge in [-0.15, -0.1) is 0 Å². The molecule has 8 nitrogen and oxygen atoms in total. The highest BCUT2D eigenvalue weighted by atomic mass is 16.5. The van der Waals surface area contributed by atoms with Gasteiger partial charge in [0.1, 0.15) is 0 Å². The predicted octanol–water partition coefficient (Wildman–Crippen LogP) is 13.8. The molecule has 0 saturated carbocycles. The molecule has 0 aliphatic carbocycles. The molecule has 0 radical (unpaired) electrons. The highest BCUT2D eigenvalue weighted by Crippen LogP contribution is 2.24. The van der Waals surface area contributed by atoms with E-state index in [-0.39, 0.29) is 23.8 Å². The Bertz CT molecular complexity index is 904. The lowest BCUT2D eigenvalue weighted by Crippen LogP contribution is -2.39. The van der Waals surface area contributed by atoms with Gasteiger partial charge in [0, 0.05) is 19.1 Å². The number of nitrogens with zero attached hydrogens (tertiary/aromatic N) is 2. The first-order valence-electron chi connectivity index (χ1n) is 26.2. The number of likely N-dealkylation sites (N-methyl/N-ethyl adjacent to an activating group) is 1. The summed E-state index contributed by atoms with van der Waals surface area (Å²) >= 11 is 0. The number of ether oxygens (including phenoxy) is 4. The number of carbonyl (C=O) groups is 2. The molecule has 0 fully saturated rings. The van der Waals surface area contributed by atoms with E-state index in [1.807, 2.05) is 0 Å². The molecule has 0 aliphatic rings. The van der Waals surface area contributed by atoms with E-state index in [1.165, 1.54) is 103 Å². The smallest absolute Gasteiger partial charge is 0.308 e. The van der Waals surface area contributed by atoms with Crippen LogP contribution in [0.15, 0.2) is 0 Å². The maximum Gasteiger partial charge on any atom is 0.308 e. The van der Waals surface area contributed by atoms with Crippen molar-refractivity contribution in [1.29, 1.82) is 0 Å². The number of hydrogen-bond donors (Lipinski definition) is 0. The second-order valence-electron chi connectivity index (χ2n) is 18.2. The van der Waals surface area contributed by atoms with Crippen LogP contribution in [0.4, 0.5) is 0 Å².